The van der Waals surface area contributed by atoms with Crippen molar-refractivity contribution in [2.75, 3.05) is 0 Å². The fourth-order valence-corrected chi connectivity index (χ4v) is 2.58. The first kappa shape index (κ1) is 12.0. The molecule has 0 unspecified atom stereocenters. The van der Waals surface area contributed by atoms with Crippen molar-refractivity contribution in [2.45, 2.75) is 19.8 Å². The lowest BCUT2D eigenvalue weighted by molar-refractivity contribution is 0.947. The number of aryl methyl sites for hydroxylation is 2. The standard InChI is InChI=1S/C18H18N/c1-3-14-8-10-15(11-9-14)12-16-13-19(2)18-7-5-4-6-17(16)18/h4-11H,3,12H2,1-2H3. The van der Waals surface area contributed by atoms with Crippen LogP contribution < -0.4 is 0 Å². The number of hydrogen-bond donors (Lipinski definition) is 0. The predicted octanol–water partition coefficient (Wildman–Crippen LogP) is 4.13. The second-order valence-electron chi connectivity index (χ2n) is 5.01. The van der Waals surface area contributed by atoms with Gasteiger partial charge in [0, 0.05) is 24.4 Å². The maximum absolute atomic E-state index is 3.45. The quantitative estimate of drug-likeness (QED) is 0.656. The number of nitrogens with zero attached hydrogens (tertiary/aromatic N) is 1. The van der Waals surface area contributed by atoms with Crippen LogP contribution >= 0.6 is 0 Å². The van der Waals surface area contributed by atoms with E-state index in [9.17, 15) is 0 Å². The van der Waals surface area contributed by atoms with Crippen LogP contribution in [0.2, 0.25) is 0 Å². The molecule has 1 nitrogen and oxygen atoms in total. The van der Waals surface area contributed by atoms with E-state index in [1.165, 1.54) is 27.6 Å². The van der Waals surface area contributed by atoms with E-state index in [0.717, 1.165) is 12.8 Å². The van der Waals surface area contributed by atoms with E-state index in [2.05, 4.69) is 73.3 Å². The molecule has 19 heavy (non-hydrogen) atoms. The topological polar surface area (TPSA) is 4.93 Å². The zero-order chi connectivity index (χ0) is 13.2. The van der Waals surface area contributed by atoms with E-state index < -0.39 is 0 Å². The van der Waals surface area contributed by atoms with Gasteiger partial charge in [0.15, 0.2) is 0 Å². The van der Waals surface area contributed by atoms with Gasteiger partial charge >= 0.3 is 0 Å². The number of rotatable bonds is 3. The van der Waals surface area contributed by atoms with Crippen molar-refractivity contribution in [1.82, 2.24) is 4.57 Å². The molecule has 0 aliphatic rings. The Morgan fingerprint density at radius 3 is 2.37 bits per heavy atom. The van der Waals surface area contributed by atoms with Crippen LogP contribution in [-0.4, -0.2) is 4.57 Å². The van der Waals surface area contributed by atoms with Gasteiger partial charge in [-0.25, -0.2) is 0 Å². The highest BCUT2D eigenvalue weighted by molar-refractivity contribution is 5.83. The third-order valence-corrected chi connectivity index (χ3v) is 3.71. The van der Waals surface area contributed by atoms with Gasteiger partial charge < -0.3 is 4.57 Å². The molecule has 1 heterocycles. The first-order valence-electron chi connectivity index (χ1n) is 6.81. The van der Waals surface area contributed by atoms with Crippen LogP contribution in [0.1, 0.15) is 23.6 Å². The van der Waals surface area contributed by atoms with Crippen LogP contribution in [0, 0.1) is 6.20 Å². The summed E-state index contributed by atoms with van der Waals surface area (Å²) in [4.78, 5) is 0. The molecule has 0 saturated heterocycles. The highest BCUT2D eigenvalue weighted by Crippen LogP contribution is 2.22. The Hall–Kier alpha value is -2.02. The fourth-order valence-electron chi connectivity index (χ4n) is 2.58. The molecular formula is C18H18N. The van der Waals surface area contributed by atoms with Crippen LogP contribution in [0.15, 0.2) is 48.5 Å². The van der Waals surface area contributed by atoms with Gasteiger partial charge in [-0.3, -0.25) is 0 Å². The first-order valence-corrected chi connectivity index (χ1v) is 6.81. The maximum Gasteiger partial charge on any atom is 0.0695 e. The molecule has 0 spiro atoms. The summed E-state index contributed by atoms with van der Waals surface area (Å²) in [6.45, 7) is 2.19. The third kappa shape index (κ3) is 2.28. The molecule has 2 aromatic carbocycles. The van der Waals surface area contributed by atoms with E-state index in [1.54, 1.807) is 0 Å². The second kappa shape index (κ2) is 4.93. The molecule has 0 fully saturated rings. The molecule has 1 heteroatoms. The molecular weight excluding hydrogens is 230 g/mol. The molecule has 0 amide bonds. The van der Waals surface area contributed by atoms with Crippen molar-refractivity contribution in [1.29, 1.82) is 0 Å². The maximum atomic E-state index is 3.45. The molecule has 0 atom stereocenters. The van der Waals surface area contributed by atoms with E-state index in [4.69, 9.17) is 0 Å². The molecule has 1 aromatic heterocycles. The Kier molecular flexibility index (Phi) is 3.12. The number of para-hydroxylation sites is 1. The summed E-state index contributed by atoms with van der Waals surface area (Å²) in [5, 5.41) is 1.31. The van der Waals surface area contributed by atoms with Gasteiger partial charge in [0.2, 0.25) is 0 Å². The van der Waals surface area contributed by atoms with E-state index >= 15 is 0 Å². The normalized spacial score (nSPS) is 11.1. The van der Waals surface area contributed by atoms with Crippen molar-refractivity contribution >= 4 is 10.9 Å². The smallest absolute Gasteiger partial charge is 0.0695 e. The largest absolute Gasteiger partial charge is 0.342 e. The van der Waals surface area contributed by atoms with Gasteiger partial charge in [-0.05, 0) is 29.2 Å². The van der Waals surface area contributed by atoms with E-state index in [-0.39, 0.29) is 0 Å². The van der Waals surface area contributed by atoms with E-state index in [1.807, 2.05) is 0 Å². The highest BCUT2D eigenvalue weighted by atomic mass is 14.9. The minimum Gasteiger partial charge on any atom is -0.342 e. The van der Waals surface area contributed by atoms with Gasteiger partial charge in [0.05, 0.1) is 6.20 Å². The Balaban J connectivity index is 1.96. The van der Waals surface area contributed by atoms with Crippen molar-refractivity contribution in [2.24, 2.45) is 7.05 Å². The lowest BCUT2D eigenvalue weighted by Gasteiger charge is -2.02. The van der Waals surface area contributed by atoms with Crippen molar-refractivity contribution in [3.05, 3.63) is 71.4 Å². The molecule has 3 rings (SSSR count). The number of aromatic nitrogens is 1. The highest BCUT2D eigenvalue weighted by Gasteiger charge is 2.07. The van der Waals surface area contributed by atoms with Crippen LogP contribution in [-0.2, 0) is 19.9 Å². The van der Waals surface area contributed by atoms with Gasteiger partial charge in [-0.2, -0.15) is 0 Å². The van der Waals surface area contributed by atoms with Crippen LogP contribution in [0.25, 0.3) is 10.9 Å². The Morgan fingerprint density at radius 1 is 0.947 bits per heavy atom. The summed E-state index contributed by atoms with van der Waals surface area (Å²) in [6, 6.07) is 17.4. The SMILES string of the molecule is CCc1ccc(Cc2[c]n(C)c3ccccc23)cc1. The average molecular weight is 248 g/mol. The molecule has 3 aromatic rings. The summed E-state index contributed by atoms with van der Waals surface area (Å²) in [6.07, 6.45) is 5.49. The van der Waals surface area contributed by atoms with Gasteiger partial charge in [0.1, 0.15) is 0 Å². The Bertz CT molecular complexity index is 689. The molecule has 0 aliphatic carbocycles. The Labute approximate surface area is 114 Å². The lowest BCUT2D eigenvalue weighted by Crippen LogP contribution is -1.89. The van der Waals surface area contributed by atoms with Crippen LogP contribution in [0.3, 0.4) is 0 Å². The number of hydrogen-bond acceptors (Lipinski definition) is 0. The summed E-state index contributed by atoms with van der Waals surface area (Å²) in [5.74, 6) is 0. The van der Waals surface area contributed by atoms with Crippen LogP contribution in [0.5, 0.6) is 0 Å². The predicted molar refractivity (Wildman–Crippen MR) is 80.4 cm³/mol. The zero-order valence-electron chi connectivity index (χ0n) is 11.5. The van der Waals surface area contributed by atoms with E-state index in [0.29, 0.717) is 0 Å². The third-order valence-electron chi connectivity index (χ3n) is 3.71. The molecule has 0 aliphatic heterocycles. The zero-order valence-corrected chi connectivity index (χ0v) is 11.5. The van der Waals surface area contributed by atoms with Crippen molar-refractivity contribution in [3.8, 4) is 0 Å². The summed E-state index contributed by atoms with van der Waals surface area (Å²) < 4.78 is 2.09. The molecule has 95 valence electrons. The molecule has 1 radical (unpaired) electrons. The van der Waals surface area contributed by atoms with Crippen molar-refractivity contribution < 1.29 is 0 Å². The summed E-state index contributed by atoms with van der Waals surface area (Å²) in [5.41, 5.74) is 5.28. The minimum atomic E-state index is 0.950. The van der Waals surface area contributed by atoms with Gasteiger partial charge in [-0.15, -0.1) is 0 Å². The monoisotopic (exact) mass is 248 g/mol. The van der Waals surface area contributed by atoms with Crippen molar-refractivity contribution in [3.63, 3.8) is 0 Å². The summed E-state index contributed by atoms with van der Waals surface area (Å²) >= 11 is 0. The minimum absolute atomic E-state index is 0.950. The molecule has 0 saturated carbocycles. The number of benzene rings is 2. The fraction of sp³-hybridized carbons (Fsp3) is 0.222. The number of fused-ring (bicyclic) bond motifs is 1. The Morgan fingerprint density at radius 2 is 1.63 bits per heavy atom. The molecule has 0 bridgehead atoms. The van der Waals surface area contributed by atoms with Gasteiger partial charge in [0.25, 0.3) is 0 Å². The average Bonchev–Trinajstić information content (AvgIpc) is 2.77. The first-order chi connectivity index (χ1) is 9.28. The second-order valence-corrected chi connectivity index (χ2v) is 5.01. The summed E-state index contributed by atoms with van der Waals surface area (Å²) in [7, 11) is 2.06. The van der Waals surface area contributed by atoms with Gasteiger partial charge in [-0.1, -0.05) is 49.4 Å². The lowest BCUT2D eigenvalue weighted by atomic mass is 10.0. The molecule has 0 N–H and O–H groups in total. The van der Waals surface area contributed by atoms with Crippen LogP contribution in [0.4, 0.5) is 0 Å².